The van der Waals surface area contributed by atoms with Crippen LogP contribution in [0.1, 0.15) is 39.1 Å². The van der Waals surface area contributed by atoms with E-state index in [4.69, 9.17) is 17.0 Å². The van der Waals surface area contributed by atoms with E-state index in [0.29, 0.717) is 22.9 Å². The lowest BCUT2D eigenvalue weighted by molar-refractivity contribution is -0.124. The molecule has 0 aliphatic carbocycles. The fraction of sp³-hybridized carbons (Fsp3) is 0.500. The molecule has 0 bridgehead atoms. The van der Waals surface area contributed by atoms with Crippen molar-refractivity contribution in [1.29, 1.82) is 0 Å². The first-order valence-electron chi connectivity index (χ1n) is 10.2. The van der Waals surface area contributed by atoms with Crippen molar-refractivity contribution in [3.8, 4) is 0 Å². The number of hydrogen-bond donors (Lipinski definition) is 0. The highest BCUT2D eigenvalue weighted by Crippen LogP contribution is 2.57. The van der Waals surface area contributed by atoms with Crippen LogP contribution in [0.2, 0.25) is 0 Å². The SMILES string of the molecule is CO[C@H]1C(=S)N2C(C(=O)C(C)(C)C)=C(C)C(Cc3ccccc3)(c3nnnn3C)S[C@H]12. The van der Waals surface area contributed by atoms with Crippen molar-refractivity contribution in [2.24, 2.45) is 12.5 Å². The average molecular weight is 458 g/mol. The van der Waals surface area contributed by atoms with E-state index in [1.54, 1.807) is 23.6 Å². The number of thiocarbonyl (C=S) groups is 1. The van der Waals surface area contributed by atoms with Gasteiger partial charge in [0.15, 0.2) is 11.6 Å². The van der Waals surface area contributed by atoms with E-state index in [1.807, 2.05) is 57.8 Å². The zero-order valence-electron chi connectivity index (χ0n) is 18.6. The molecule has 9 heteroatoms. The number of carbonyl (C=O) groups excluding carboxylic acids is 1. The first-order chi connectivity index (χ1) is 14.6. The number of tetrazole rings is 1. The van der Waals surface area contributed by atoms with Crippen molar-refractivity contribution in [2.75, 3.05) is 7.11 Å². The molecule has 2 aromatic rings. The summed E-state index contributed by atoms with van der Waals surface area (Å²) in [5.74, 6) is 0.769. The quantitative estimate of drug-likeness (QED) is 0.634. The molecule has 1 saturated heterocycles. The Kier molecular flexibility index (Phi) is 5.56. The Morgan fingerprint density at radius 2 is 1.97 bits per heavy atom. The fourth-order valence-electron chi connectivity index (χ4n) is 4.24. The zero-order valence-corrected chi connectivity index (χ0v) is 20.3. The molecule has 1 aromatic carbocycles. The number of ketones is 1. The van der Waals surface area contributed by atoms with Crippen LogP contribution in [0.5, 0.6) is 0 Å². The van der Waals surface area contributed by atoms with E-state index in [9.17, 15) is 4.79 Å². The number of fused-ring (bicyclic) bond motifs is 1. The third kappa shape index (κ3) is 3.43. The van der Waals surface area contributed by atoms with Gasteiger partial charge in [-0.25, -0.2) is 4.68 Å². The van der Waals surface area contributed by atoms with Gasteiger partial charge in [-0.1, -0.05) is 63.3 Å². The number of methoxy groups -OCH3 is 1. The summed E-state index contributed by atoms with van der Waals surface area (Å²) in [7, 11) is 3.50. The first kappa shape index (κ1) is 22.1. The summed E-state index contributed by atoms with van der Waals surface area (Å²) in [6.45, 7) is 7.83. The van der Waals surface area contributed by atoms with Crippen LogP contribution in [-0.2, 0) is 27.7 Å². The van der Waals surface area contributed by atoms with Crippen LogP contribution in [-0.4, -0.2) is 54.5 Å². The summed E-state index contributed by atoms with van der Waals surface area (Å²) >= 11 is 7.37. The molecular weight excluding hydrogens is 430 g/mol. The van der Waals surface area contributed by atoms with Gasteiger partial charge in [-0.05, 0) is 34.9 Å². The number of rotatable bonds is 5. The predicted octanol–water partition coefficient (Wildman–Crippen LogP) is 3.27. The maximum absolute atomic E-state index is 13.7. The molecule has 1 aromatic heterocycles. The largest absolute Gasteiger partial charge is 0.371 e. The van der Waals surface area contributed by atoms with E-state index in [1.165, 1.54) is 0 Å². The number of carbonyl (C=O) groups is 1. The van der Waals surface area contributed by atoms with Crippen molar-refractivity contribution in [2.45, 2.75) is 50.3 Å². The molecule has 0 saturated carbocycles. The Hall–Kier alpha value is -2.10. The van der Waals surface area contributed by atoms with Gasteiger partial charge in [0.2, 0.25) is 0 Å². The van der Waals surface area contributed by atoms with Gasteiger partial charge in [-0.15, -0.1) is 16.9 Å². The Morgan fingerprint density at radius 3 is 2.52 bits per heavy atom. The summed E-state index contributed by atoms with van der Waals surface area (Å²) in [5.41, 5.74) is 2.15. The van der Waals surface area contributed by atoms with Crippen molar-refractivity contribution in [3.05, 3.63) is 53.0 Å². The van der Waals surface area contributed by atoms with Crippen LogP contribution in [0.4, 0.5) is 0 Å². The molecular formula is C22H27N5O2S2. The van der Waals surface area contributed by atoms with Crippen molar-refractivity contribution >= 4 is 34.8 Å². The molecule has 31 heavy (non-hydrogen) atoms. The Balaban J connectivity index is 1.97. The summed E-state index contributed by atoms with van der Waals surface area (Å²) in [6, 6.07) is 10.2. The third-order valence-electron chi connectivity index (χ3n) is 5.95. The minimum atomic E-state index is -0.635. The van der Waals surface area contributed by atoms with Gasteiger partial charge in [-0.2, -0.15) is 0 Å². The van der Waals surface area contributed by atoms with Crippen molar-refractivity contribution < 1.29 is 9.53 Å². The van der Waals surface area contributed by atoms with Gasteiger partial charge >= 0.3 is 0 Å². The van der Waals surface area contributed by atoms with Crippen LogP contribution in [0, 0.1) is 5.41 Å². The smallest absolute Gasteiger partial charge is 0.184 e. The molecule has 164 valence electrons. The van der Waals surface area contributed by atoms with E-state index in [-0.39, 0.29) is 17.3 Å². The predicted molar refractivity (Wildman–Crippen MR) is 124 cm³/mol. The van der Waals surface area contributed by atoms with E-state index < -0.39 is 10.2 Å². The number of ether oxygens (including phenoxy) is 1. The number of hydrogen-bond acceptors (Lipinski definition) is 7. The molecule has 4 rings (SSSR count). The molecule has 0 N–H and O–H groups in total. The Bertz CT molecular complexity index is 1060. The lowest BCUT2D eigenvalue weighted by Crippen LogP contribution is -2.67. The lowest BCUT2D eigenvalue weighted by atomic mass is 9.81. The molecule has 2 aliphatic heterocycles. The van der Waals surface area contributed by atoms with Crippen LogP contribution in [0.15, 0.2) is 41.6 Å². The van der Waals surface area contributed by atoms with Gasteiger partial charge in [0.25, 0.3) is 0 Å². The van der Waals surface area contributed by atoms with Gasteiger partial charge in [0, 0.05) is 19.6 Å². The summed E-state index contributed by atoms with van der Waals surface area (Å²) in [5, 5.41) is 12.3. The van der Waals surface area contributed by atoms with Crippen LogP contribution >= 0.6 is 24.0 Å². The van der Waals surface area contributed by atoms with E-state index in [0.717, 1.165) is 11.1 Å². The number of aromatic nitrogens is 4. The van der Waals surface area contributed by atoms with Gasteiger partial charge in [-0.3, -0.25) is 4.79 Å². The number of aryl methyl sites for hydroxylation is 1. The minimum Gasteiger partial charge on any atom is -0.371 e. The highest BCUT2D eigenvalue weighted by Gasteiger charge is 2.59. The zero-order chi connectivity index (χ0) is 22.6. The van der Waals surface area contributed by atoms with Crippen LogP contribution < -0.4 is 0 Å². The van der Waals surface area contributed by atoms with Crippen molar-refractivity contribution in [3.63, 3.8) is 0 Å². The summed E-state index contributed by atoms with van der Waals surface area (Å²) in [6.07, 6.45) is 0.403. The highest BCUT2D eigenvalue weighted by molar-refractivity contribution is 8.01. The van der Waals surface area contributed by atoms with Crippen LogP contribution in [0.3, 0.4) is 0 Å². The van der Waals surface area contributed by atoms with Gasteiger partial charge in [0.05, 0.1) is 5.70 Å². The molecule has 2 aliphatic rings. The van der Waals surface area contributed by atoms with Crippen LogP contribution in [0.25, 0.3) is 0 Å². The molecule has 0 spiro atoms. The van der Waals surface area contributed by atoms with Gasteiger partial charge < -0.3 is 9.64 Å². The maximum atomic E-state index is 13.7. The molecule has 1 unspecified atom stereocenters. The maximum Gasteiger partial charge on any atom is 0.184 e. The fourth-order valence-corrected chi connectivity index (χ4v) is 6.72. The van der Waals surface area contributed by atoms with E-state index in [2.05, 4.69) is 27.7 Å². The van der Waals surface area contributed by atoms with Gasteiger partial charge in [0.1, 0.15) is 21.2 Å². The summed E-state index contributed by atoms with van der Waals surface area (Å²) < 4.78 is 6.78. The second-order valence-corrected chi connectivity index (χ2v) is 10.9. The van der Waals surface area contributed by atoms with Crippen molar-refractivity contribution in [1.82, 2.24) is 25.1 Å². The Morgan fingerprint density at radius 1 is 1.29 bits per heavy atom. The number of nitrogens with zero attached hydrogens (tertiary/aromatic N) is 5. The topological polar surface area (TPSA) is 73.1 Å². The number of Topliss-reactive ketones (excluding diaryl/α,β-unsaturated/α-hetero) is 1. The molecule has 3 atom stereocenters. The average Bonchev–Trinajstić information content (AvgIpc) is 3.16. The number of thioether (sulfide) groups is 1. The molecule has 1 fully saturated rings. The number of benzene rings is 1. The third-order valence-corrected chi connectivity index (χ3v) is 8.11. The molecule has 7 nitrogen and oxygen atoms in total. The number of allylic oxidation sites excluding steroid dienone is 1. The van der Waals surface area contributed by atoms with E-state index >= 15 is 0 Å². The second kappa shape index (κ2) is 7.79. The molecule has 0 radical (unpaired) electrons. The highest BCUT2D eigenvalue weighted by atomic mass is 32.2. The monoisotopic (exact) mass is 457 g/mol. The Labute approximate surface area is 192 Å². The molecule has 3 heterocycles. The lowest BCUT2D eigenvalue weighted by Gasteiger charge is -2.56. The first-order valence-corrected chi connectivity index (χ1v) is 11.5. The minimum absolute atomic E-state index is 0.0553. The molecule has 0 amide bonds. The second-order valence-electron chi connectivity index (χ2n) is 9.04. The normalized spacial score (nSPS) is 26.0. The standard InChI is InChI=1S/C22H27N5O2S2/c1-13-15(17(28)21(2,3)4)27-18(30)16(29-6)19(27)31-22(13,20-23-24-25-26(20)5)12-14-10-8-7-9-11-14/h7-11,16,19H,12H2,1-6H3/t16-,19+,22?/m0/s1. The summed E-state index contributed by atoms with van der Waals surface area (Å²) in [4.78, 5) is 16.3.